The van der Waals surface area contributed by atoms with E-state index in [4.69, 9.17) is 9.47 Å². The first-order valence-electron chi connectivity index (χ1n) is 16.5. The molecule has 0 saturated heterocycles. The van der Waals surface area contributed by atoms with Gasteiger partial charge in [-0.1, -0.05) is 97.2 Å². The number of aliphatic imine (C=N–C) groups is 1. The van der Waals surface area contributed by atoms with Crippen LogP contribution in [0, 0.1) is 13.7 Å². The monoisotopic (exact) mass is 854 g/mol. The minimum atomic E-state index is -0.763. The van der Waals surface area contributed by atoms with Gasteiger partial charge in [0, 0.05) is 17.8 Å². The number of benzene rings is 4. The number of halogens is 1. The van der Waals surface area contributed by atoms with Gasteiger partial charge in [0.2, 0.25) is 5.91 Å². The van der Waals surface area contributed by atoms with Crippen LogP contribution in [0.15, 0.2) is 144 Å². The Morgan fingerprint density at radius 1 is 1.04 bits per heavy atom. The highest BCUT2D eigenvalue weighted by molar-refractivity contribution is 14.1. The number of ether oxygens (including phenoxy) is 2. The summed E-state index contributed by atoms with van der Waals surface area (Å²) in [6.45, 7) is 5.59. The van der Waals surface area contributed by atoms with Crippen LogP contribution >= 0.6 is 34.4 Å². The fourth-order valence-corrected chi connectivity index (χ4v) is 6.98. The van der Waals surface area contributed by atoms with Crippen molar-refractivity contribution in [1.29, 1.82) is 0 Å². The topological polar surface area (TPSA) is 140 Å². The van der Waals surface area contributed by atoms with Gasteiger partial charge in [0.25, 0.3) is 17.5 Å². The summed E-state index contributed by atoms with van der Waals surface area (Å²) in [5.74, 6) is -1.06. The van der Waals surface area contributed by atoms with Crippen LogP contribution in [0.1, 0.15) is 35.2 Å². The minimum Gasteiger partial charge on any atom is -0.493 e. The lowest BCUT2D eigenvalue weighted by Crippen LogP contribution is -2.42. The lowest BCUT2D eigenvalue weighted by Gasteiger charge is -2.28. The van der Waals surface area contributed by atoms with E-state index >= 15 is 0 Å². The zero-order valence-corrected chi connectivity index (χ0v) is 32.3. The lowest BCUT2D eigenvalue weighted by atomic mass is 9.99. The van der Waals surface area contributed by atoms with Gasteiger partial charge in [-0.25, -0.2) is 0 Å². The van der Waals surface area contributed by atoms with Gasteiger partial charge in [0.15, 0.2) is 16.7 Å². The molecule has 1 aliphatic rings. The molecule has 0 spiro atoms. The molecule has 0 atom stereocenters. The van der Waals surface area contributed by atoms with Crippen molar-refractivity contribution in [2.75, 3.05) is 12.9 Å². The Balaban J connectivity index is 1.40. The standard InChI is InChI=1S/C41H35IN4O7S/c1-4-6-17-31(5-2)45-40(49)33(22-28-23-34(42)38(35(24-28)52-3)53-25-27-18-20-32(21-19-27)46(50)51)39(48)44-41(45)54-26-36(47)43-37(29-13-9-7-10-14-29)30-15-11-8-12-16-30/h4-24,37H,1,25-26H2,2-3H3,(H,43,47)/b17-6-,31-5+,33-22+. The molecule has 11 nitrogen and oxygen atoms in total. The van der Waals surface area contributed by atoms with Crippen molar-refractivity contribution in [3.63, 3.8) is 0 Å². The van der Waals surface area contributed by atoms with Gasteiger partial charge in [-0.05, 0) is 88.2 Å². The number of amides is 3. The summed E-state index contributed by atoms with van der Waals surface area (Å²) in [6, 6.07) is 28.1. The van der Waals surface area contributed by atoms with E-state index in [0.717, 1.165) is 22.9 Å². The summed E-state index contributed by atoms with van der Waals surface area (Å²) >= 11 is 3.05. The van der Waals surface area contributed by atoms with E-state index in [1.165, 1.54) is 30.2 Å². The van der Waals surface area contributed by atoms with Crippen LogP contribution in [0.4, 0.5) is 5.69 Å². The van der Waals surface area contributed by atoms with Gasteiger partial charge >= 0.3 is 0 Å². The first-order chi connectivity index (χ1) is 26.1. The second kappa shape index (κ2) is 18.8. The number of nitrogens with one attached hydrogen (secondary N) is 1. The summed E-state index contributed by atoms with van der Waals surface area (Å²) < 4.78 is 12.3. The number of thioether (sulfide) groups is 1. The third-order valence-electron chi connectivity index (χ3n) is 8.01. The first kappa shape index (κ1) is 39.4. The van der Waals surface area contributed by atoms with Crippen molar-refractivity contribution in [3.8, 4) is 11.5 Å². The molecule has 13 heteroatoms. The van der Waals surface area contributed by atoms with Gasteiger partial charge in [-0.2, -0.15) is 4.99 Å². The highest BCUT2D eigenvalue weighted by atomic mass is 127. The molecule has 1 aliphatic heterocycles. The quantitative estimate of drug-likeness (QED) is 0.0335. The van der Waals surface area contributed by atoms with Crippen LogP contribution in [-0.4, -0.2) is 45.6 Å². The Morgan fingerprint density at radius 2 is 1.69 bits per heavy atom. The maximum Gasteiger partial charge on any atom is 0.285 e. The Kier molecular flexibility index (Phi) is 13.7. The smallest absolute Gasteiger partial charge is 0.285 e. The number of carbonyl (C=O) groups excluding carboxylic acids is 3. The maximum absolute atomic E-state index is 14.2. The summed E-state index contributed by atoms with van der Waals surface area (Å²) in [5.41, 5.74) is 3.21. The molecule has 1 heterocycles. The van der Waals surface area contributed by atoms with Crippen LogP contribution < -0.4 is 14.8 Å². The number of nitro benzene ring substituents is 1. The Morgan fingerprint density at radius 3 is 2.26 bits per heavy atom. The van der Waals surface area contributed by atoms with E-state index in [9.17, 15) is 24.5 Å². The SMILES string of the molecule is C=C/C=C\C(=C/C)N1C(=O)/C(=C/c2cc(I)c(OCc3ccc([N+](=O)[O-])cc3)c(OC)c2)C(=O)N=C1SCC(=O)NC(c1ccccc1)c1ccccc1. The van der Waals surface area contributed by atoms with E-state index in [-0.39, 0.29) is 34.7 Å². The maximum atomic E-state index is 14.2. The molecule has 0 radical (unpaired) electrons. The molecule has 0 aliphatic carbocycles. The molecule has 5 rings (SSSR count). The van der Waals surface area contributed by atoms with Crippen LogP contribution in [0.5, 0.6) is 11.5 Å². The summed E-state index contributed by atoms with van der Waals surface area (Å²) in [5, 5.41) is 14.1. The molecule has 0 aromatic heterocycles. The summed E-state index contributed by atoms with van der Waals surface area (Å²) in [6.07, 6.45) is 8.02. The molecule has 274 valence electrons. The van der Waals surface area contributed by atoms with E-state index < -0.39 is 22.8 Å². The second-order valence-corrected chi connectivity index (χ2v) is 13.7. The van der Waals surface area contributed by atoms with Gasteiger partial charge in [0.1, 0.15) is 12.2 Å². The number of non-ortho nitro benzene ring substituents is 1. The number of hydrogen-bond donors (Lipinski definition) is 1. The summed E-state index contributed by atoms with van der Waals surface area (Å²) in [7, 11) is 1.47. The van der Waals surface area contributed by atoms with Crippen molar-refractivity contribution in [1.82, 2.24) is 10.2 Å². The number of amidine groups is 1. The molecule has 4 aromatic rings. The number of nitro groups is 1. The van der Waals surface area contributed by atoms with Gasteiger partial charge in [-0.15, -0.1) is 0 Å². The molecule has 0 unspecified atom stereocenters. The number of carbonyl (C=O) groups is 3. The number of nitrogens with zero attached hydrogens (tertiary/aromatic N) is 3. The van der Waals surface area contributed by atoms with Crippen molar-refractivity contribution in [3.05, 3.63) is 175 Å². The molecule has 3 amide bonds. The van der Waals surface area contributed by atoms with E-state index in [1.807, 2.05) is 60.7 Å². The number of allylic oxidation sites excluding steroid dienone is 4. The Bertz CT molecular complexity index is 2130. The fraction of sp³-hybridized carbons (Fsp3) is 0.122. The van der Waals surface area contributed by atoms with Gasteiger partial charge in [-0.3, -0.25) is 29.4 Å². The fourth-order valence-electron chi connectivity index (χ4n) is 5.39. The molecule has 4 aromatic carbocycles. The number of methoxy groups -OCH3 is 1. The van der Waals surface area contributed by atoms with E-state index in [1.54, 1.807) is 55.5 Å². The van der Waals surface area contributed by atoms with Gasteiger partial charge < -0.3 is 14.8 Å². The molecule has 54 heavy (non-hydrogen) atoms. The molecule has 0 saturated carbocycles. The number of rotatable bonds is 14. The second-order valence-electron chi connectivity index (χ2n) is 11.6. The highest BCUT2D eigenvalue weighted by Crippen LogP contribution is 2.36. The third-order valence-corrected chi connectivity index (χ3v) is 9.75. The first-order valence-corrected chi connectivity index (χ1v) is 18.6. The van der Waals surface area contributed by atoms with E-state index in [0.29, 0.717) is 31.9 Å². The van der Waals surface area contributed by atoms with Crippen LogP contribution in [0.3, 0.4) is 0 Å². The van der Waals surface area contributed by atoms with Crippen LogP contribution in [-0.2, 0) is 21.0 Å². The van der Waals surface area contributed by atoms with Gasteiger partial charge in [0.05, 0.1) is 27.4 Å². The zero-order chi connectivity index (χ0) is 38.6. The zero-order valence-electron chi connectivity index (χ0n) is 29.3. The number of hydrogen-bond acceptors (Lipinski definition) is 8. The Labute approximate surface area is 330 Å². The highest BCUT2D eigenvalue weighted by Gasteiger charge is 2.35. The van der Waals surface area contributed by atoms with Crippen molar-refractivity contribution in [2.45, 2.75) is 19.6 Å². The average molecular weight is 855 g/mol. The normalized spacial score (nSPS) is 14.0. The summed E-state index contributed by atoms with van der Waals surface area (Å²) in [4.78, 5) is 57.3. The largest absolute Gasteiger partial charge is 0.493 e. The molecule has 0 fully saturated rings. The lowest BCUT2D eigenvalue weighted by molar-refractivity contribution is -0.384. The van der Waals surface area contributed by atoms with Crippen molar-refractivity contribution >= 4 is 69.0 Å². The predicted molar refractivity (Wildman–Crippen MR) is 219 cm³/mol. The average Bonchev–Trinajstić information content (AvgIpc) is 3.18. The molecule has 1 N–H and O–H groups in total. The molecular formula is C41H35IN4O7S. The van der Waals surface area contributed by atoms with Crippen LogP contribution in [0.25, 0.3) is 6.08 Å². The van der Waals surface area contributed by atoms with Crippen molar-refractivity contribution in [2.24, 2.45) is 4.99 Å². The van der Waals surface area contributed by atoms with E-state index in [2.05, 4.69) is 39.5 Å². The predicted octanol–water partition coefficient (Wildman–Crippen LogP) is 8.18. The van der Waals surface area contributed by atoms with Crippen molar-refractivity contribution < 1.29 is 28.8 Å². The molecular weight excluding hydrogens is 819 g/mol. The molecule has 0 bridgehead atoms. The Hall–Kier alpha value is -5.80. The van der Waals surface area contributed by atoms with Crippen LogP contribution in [0.2, 0.25) is 0 Å². The minimum absolute atomic E-state index is 0.0247. The third kappa shape index (κ3) is 9.79.